The molecule has 0 spiro atoms. The van der Waals surface area contributed by atoms with Crippen LogP contribution in [0, 0.1) is 58.2 Å². The molecular weight excluding hydrogens is 1750 g/mol. The van der Waals surface area contributed by atoms with E-state index in [0.717, 1.165) is 233 Å². The highest BCUT2D eigenvalue weighted by molar-refractivity contribution is 7.59. The maximum absolute atomic E-state index is 9.68. The molecule has 8 fully saturated rings. The lowest BCUT2D eigenvalue weighted by atomic mass is 9.82. The SMILES string of the molecule is CCCNC1CCC(Cc2cc(-c3csc(NCC4CCOCC4)n3)c(Cl)cn2)CC1.CCCNC1CCC(Cc2cc(-c3csc(NCC4CCOCC4)n3)ccn2)CC1.CCCNC1CCC(Cc2cc(-c3csc(OCC4CCOCC4)n3)c(Cl)cn2)CC1.CC[C@H](C)NC1CCC(Cc2cc(-c3csc(NCC4(C#N)CCOCC4)n3)c(Cl)cn2)CC1.S. The van der Waals surface area contributed by atoms with Crippen molar-refractivity contribution in [1.29, 1.82) is 5.26 Å². The van der Waals surface area contributed by atoms with E-state index in [9.17, 15) is 5.26 Å². The second-order valence-electron chi connectivity index (χ2n) is 36.7. The number of rotatable bonds is 36. The van der Waals surface area contributed by atoms with Crippen LogP contribution in [0.15, 0.2) is 76.6 Å². The maximum atomic E-state index is 9.68. The number of nitriles is 1. The topological polar surface area (TPSA) is 257 Å². The minimum absolute atomic E-state index is 0. The van der Waals surface area contributed by atoms with Crippen LogP contribution in [0.5, 0.6) is 5.19 Å². The second-order valence-corrected chi connectivity index (χ2v) is 41.4. The van der Waals surface area contributed by atoms with Crippen LogP contribution in [0.1, 0.15) is 237 Å². The quantitative estimate of drug-likeness (QED) is 0.0193. The molecule has 0 radical (unpaired) electrons. The molecule has 4 aliphatic heterocycles. The van der Waals surface area contributed by atoms with Crippen molar-refractivity contribution in [3.63, 3.8) is 0 Å². The molecule has 0 bridgehead atoms. The number of hydrogen-bond donors (Lipinski definition) is 7. The van der Waals surface area contributed by atoms with E-state index in [4.69, 9.17) is 78.4 Å². The molecule has 7 N–H and O–H groups in total. The zero-order valence-electron chi connectivity index (χ0n) is 76.0. The normalized spacial score (nSPS) is 22.6. The summed E-state index contributed by atoms with van der Waals surface area (Å²) in [6.45, 7) is 24.4. The number of aromatic nitrogens is 8. The van der Waals surface area contributed by atoms with Crippen LogP contribution in [0.3, 0.4) is 0 Å². The molecule has 12 heterocycles. The monoisotopic (exact) mass is 1890 g/mol. The first-order valence-corrected chi connectivity index (χ1v) is 52.6. The van der Waals surface area contributed by atoms with Gasteiger partial charge in [-0.15, -0.1) is 34.0 Å². The average Bonchev–Trinajstić information content (AvgIpc) is 1.77. The highest BCUT2D eigenvalue weighted by Crippen LogP contribution is 2.40. The lowest BCUT2D eigenvalue weighted by Crippen LogP contribution is -2.38. The van der Waals surface area contributed by atoms with Gasteiger partial charge < -0.3 is 60.9 Å². The first-order valence-electron chi connectivity index (χ1n) is 48.0. The number of pyridine rings is 4. The van der Waals surface area contributed by atoms with E-state index < -0.39 is 0 Å². The number of anilines is 3. The highest BCUT2D eigenvalue weighted by atomic mass is 35.5. The lowest BCUT2D eigenvalue weighted by Gasteiger charge is -2.31. The lowest BCUT2D eigenvalue weighted by molar-refractivity contribution is 0.0456. The molecule has 0 aromatic carbocycles. The number of hydrogen-bond acceptors (Lipinski definition) is 25. The Labute approximate surface area is 795 Å². The first-order chi connectivity index (χ1) is 61.7. The average molecular weight is 1890 g/mol. The van der Waals surface area contributed by atoms with Gasteiger partial charge >= 0.3 is 0 Å². The molecule has 0 amide bonds. The summed E-state index contributed by atoms with van der Waals surface area (Å²) < 4.78 is 27.7. The van der Waals surface area contributed by atoms with Gasteiger partial charge in [0.25, 0.3) is 5.19 Å². The summed E-state index contributed by atoms with van der Waals surface area (Å²) in [7, 11) is 0. The predicted molar refractivity (Wildman–Crippen MR) is 532 cm³/mol. The zero-order chi connectivity index (χ0) is 87.5. The molecule has 696 valence electrons. The Morgan fingerprint density at radius 1 is 0.441 bits per heavy atom. The number of nitrogens with zero attached hydrogens (tertiary/aromatic N) is 9. The molecule has 16 rings (SSSR count). The van der Waals surface area contributed by atoms with Crippen LogP contribution in [0.25, 0.3) is 45.0 Å². The summed E-state index contributed by atoms with van der Waals surface area (Å²) in [5.74, 6) is 4.79. The van der Waals surface area contributed by atoms with Crippen molar-refractivity contribution >= 4 is 109 Å². The summed E-state index contributed by atoms with van der Waals surface area (Å²) in [4.78, 5) is 37.6. The van der Waals surface area contributed by atoms with Crippen LogP contribution in [-0.4, -0.2) is 169 Å². The summed E-state index contributed by atoms with van der Waals surface area (Å²) in [6.07, 6.45) is 44.8. The summed E-state index contributed by atoms with van der Waals surface area (Å²) in [5.41, 5.74) is 12.0. The van der Waals surface area contributed by atoms with Crippen molar-refractivity contribution in [2.45, 2.75) is 270 Å². The van der Waals surface area contributed by atoms with Crippen molar-refractivity contribution in [1.82, 2.24) is 61.1 Å². The third-order valence-electron chi connectivity index (χ3n) is 27.0. The van der Waals surface area contributed by atoms with Crippen LogP contribution in [0.2, 0.25) is 15.1 Å². The van der Waals surface area contributed by atoms with Crippen LogP contribution < -0.4 is 42.0 Å². The smallest absolute Gasteiger partial charge is 0.273 e. The highest BCUT2D eigenvalue weighted by Gasteiger charge is 2.34. The molecule has 8 aliphatic rings. The van der Waals surface area contributed by atoms with Gasteiger partial charge in [-0.1, -0.05) is 73.8 Å². The van der Waals surface area contributed by atoms with Crippen molar-refractivity contribution in [3.05, 3.63) is 114 Å². The minimum Gasteiger partial charge on any atom is -0.470 e. The van der Waals surface area contributed by atoms with Gasteiger partial charge in [0, 0.05) is 194 Å². The van der Waals surface area contributed by atoms with Gasteiger partial charge in [0.2, 0.25) is 0 Å². The number of halogens is 3. The molecule has 4 saturated carbocycles. The van der Waals surface area contributed by atoms with E-state index in [0.29, 0.717) is 106 Å². The Morgan fingerprint density at radius 2 is 0.811 bits per heavy atom. The Balaban J connectivity index is 0.000000154. The van der Waals surface area contributed by atoms with Crippen LogP contribution in [-0.2, 0) is 44.6 Å². The van der Waals surface area contributed by atoms with Crippen LogP contribution >= 0.6 is 93.6 Å². The van der Waals surface area contributed by atoms with Gasteiger partial charge in [0.1, 0.15) is 0 Å². The summed E-state index contributed by atoms with van der Waals surface area (Å²) >= 11 is 26.0. The molecular formula is C98H143Cl3N16O5S5. The van der Waals surface area contributed by atoms with E-state index in [1.807, 2.05) is 17.0 Å². The van der Waals surface area contributed by atoms with Gasteiger partial charge in [0.05, 0.1) is 55.9 Å². The van der Waals surface area contributed by atoms with Crippen molar-refractivity contribution in [2.75, 3.05) is 115 Å². The van der Waals surface area contributed by atoms with E-state index in [1.165, 1.54) is 151 Å². The molecule has 4 aliphatic carbocycles. The fraction of sp³-hybridized carbons (Fsp3) is 0.663. The zero-order valence-corrected chi connectivity index (χ0v) is 82.5. The molecule has 4 saturated heterocycles. The van der Waals surface area contributed by atoms with Crippen molar-refractivity contribution in [3.8, 4) is 56.3 Å². The van der Waals surface area contributed by atoms with E-state index in [-0.39, 0.29) is 18.9 Å². The Kier molecular flexibility index (Phi) is 42.9. The molecule has 8 aromatic rings. The van der Waals surface area contributed by atoms with Crippen molar-refractivity contribution in [2.24, 2.45) is 46.8 Å². The third kappa shape index (κ3) is 32.8. The summed E-state index contributed by atoms with van der Waals surface area (Å²) in [5, 5.41) is 48.7. The van der Waals surface area contributed by atoms with E-state index in [2.05, 4.69) is 139 Å². The van der Waals surface area contributed by atoms with Gasteiger partial charge in [-0.25, -0.2) is 19.9 Å². The minimum atomic E-state index is -0.380. The molecule has 29 heteroatoms. The predicted octanol–water partition coefficient (Wildman–Crippen LogP) is 22.9. The molecule has 0 unspecified atom stereocenters. The van der Waals surface area contributed by atoms with Gasteiger partial charge in [-0.05, 0) is 304 Å². The fourth-order valence-electron chi connectivity index (χ4n) is 18.8. The first kappa shape index (κ1) is 101. The number of nitrogens with one attached hydrogen (secondary N) is 7. The standard InChI is InChI=1S/C26H36ClN5OS.C24H35ClN4OS.C24H34ClN3O2S.C24H36N4OS.H2S/c1-3-18(2)31-20-6-4-19(5-7-20)12-21-13-22(23(27)14-29-21)24-15-34-25(32-24)30-17-26(16-28)8-10-33-11-9-26;1-2-9-26-19-5-3-17(4-6-19)12-20-13-21(22(25)15-27-20)23-16-31-24(29-23)28-14-18-7-10-30-11-8-18;1-2-9-26-19-5-3-17(4-6-19)12-20-13-21(22(25)14-27-20)23-16-31-24(28-23)30-15-18-7-10-29-11-8-18;1-2-10-25-21-5-3-18(4-6-21)14-22-15-20(7-11-26-22)23-17-30-24(28-23)27-16-19-8-12-29-13-9-19;/h13-15,18-20,31H,3-12,17H2,1-2H3,(H,30,32);13,15-19,26H,2-12,14H2,1H3,(H,28,29);13-14,16-19,26H,2-12,15H2,1H3;7,11,15,17-19,21,25H,2-6,8-10,12-14,16H2,1H3,(H,27,28);1H2/t18-,19?,20?;;;;/m0..../s1. The number of ether oxygens (including phenoxy) is 5. The molecule has 21 nitrogen and oxygen atoms in total. The van der Waals surface area contributed by atoms with Gasteiger partial charge in [0.15, 0.2) is 15.4 Å². The van der Waals surface area contributed by atoms with Crippen LogP contribution in [0.4, 0.5) is 15.4 Å². The Hall–Kier alpha value is -5.29. The van der Waals surface area contributed by atoms with Gasteiger partial charge in [-0.2, -0.15) is 18.8 Å². The largest absolute Gasteiger partial charge is 0.470 e. The Morgan fingerprint density at radius 3 is 1.23 bits per heavy atom. The molecule has 127 heavy (non-hydrogen) atoms. The second kappa shape index (κ2) is 54.2. The number of thiazole rings is 4. The maximum Gasteiger partial charge on any atom is 0.273 e. The molecule has 8 aromatic heterocycles. The fourth-order valence-corrected chi connectivity index (χ4v) is 22.2. The summed E-state index contributed by atoms with van der Waals surface area (Å²) in [6, 6.07) is 16.6. The van der Waals surface area contributed by atoms with E-state index >= 15 is 0 Å². The third-order valence-corrected chi connectivity index (χ3v) is 31.1. The van der Waals surface area contributed by atoms with Crippen molar-refractivity contribution < 1.29 is 23.7 Å². The van der Waals surface area contributed by atoms with Gasteiger partial charge in [-0.3, -0.25) is 19.9 Å². The van der Waals surface area contributed by atoms with E-state index in [1.54, 1.807) is 52.6 Å². The Bertz CT molecular complexity index is 4360. The molecule has 1 atom stereocenters.